The van der Waals surface area contributed by atoms with Crippen molar-refractivity contribution < 1.29 is 18.0 Å². The standard InChI is InChI=1S/C24H30F3N3O/c1-29(2)14-15-30(17-20-6-3-4-9-22(20)24(25,26)27)23(31)11-10-18-7-5-8-19-16-28-13-12-21(18)19/h3-9,28H,10-17H2,1-2H3. The fraction of sp³-hybridized carbons (Fsp3) is 0.458. The molecule has 0 bridgehead atoms. The van der Waals surface area contributed by atoms with E-state index >= 15 is 0 Å². The van der Waals surface area contributed by atoms with Gasteiger partial charge in [-0.2, -0.15) is 13.2 Å². The van der Waals surface area contributed by atoms with Crippen LogP contribution < -0.4 is 5.32 Å². The van der Waals surface area contributed by atoms with Gasteiger partial charge < -0.3 is 15.1 Å². The lowest BCUT2D eigenvalue weighted by Gasteiger charge is -2.26. The molecule has 1 aliphatic rings. The predicted molar refractivity (Wildman–Crippen MR) is 116 cm³/mol. The molecule has 1 aliphatic heterocycles. The van der Waals surface area contributed by atoms with Crippen molar-refractivity contribution in [2.45, 2.75) is 38.5 Å². The second-order valence-electron chi connectivity index (χ2n) is 8.26. The van der Waals surface area contributed by atoms with E-state index in [2.05, 4.69) is 17.4 Å². The summed E-state index contributed by atoms with van der Waals surface area (Å²) in [5.74, 6) is -0.120. The Kier molecular flexibility index (Phi) is 7.73. The van der Waals surface area contributed by atoms with E-state index in [1.54, 1.807) is 11.0 Å². The summed E-state index contributed by atoms with van der Waals surface area (Å²) in [6.07, 6.45) is -2.63. The highest BCUT2D eigenvalue weighted by Crippen LogP contribution is 2.32. The zero-order chi connectivity index (χ0) is 22.4. The number of hydrogen-bond donors (Lipinski definition) is 1. The smallest absolute Gasteiger partial charge is 0.337 e. The van der Waals surface area contributed by atoms with Crippen LogP contribution in [0.2, 0.25) is 0 Å². The molecule has 0 aliphatic carbocycles. The molecule has 0 unspecified atom stereocenters. The monoisotopic (exact) mass is 433 g/mol. The summed E-state index contributed by atoms with van der Waals surface area (Å²) >= 11 is 0. The van der Waals surface area contributed by atoms with Crippen LogP contribution in [0.15, 0.2) is 42.5 Å². The number of alkyl halides is 3. The normalized spacial score (nSPS) is 13.9. The van der Waals surface area contributed by atoms with Crippen molar-refractivity contribution in [3.63, 3.8) is 0 Å². The van der Waals surface area contributed by atoms with E-state index < -0.39 is 11.7 Å². The minimum absolute atomic E-state index is 0.0425. The number of aryl methyl sites for hydroxylation is 1. The molecule has 3 rings (SSSR count). The topological polar surface area (TPSA) is 35.6 Å². The van der Waals surface area contributed by atoms with Crippen molar-refractivity contribution >= 4 is 5.91 Å². The number of halogens is 3. The van der Waals surface area contributed by atoms with Crippen molar-refractivity contribution in [2.75, 3.05) is 33.7 Å². The van der Waals surface area contributed by atoms with E-state index in [0.29, 0.717) is 19.5 Å². The van der Waals surface area contributed by atoms with Gasteiger partial charge in [-0.05, 0) is 61.8 Å². The van der Waals surface area contributed by atoms with Crippen molar-refractivity contribution in [2.24, 2.45) is 0 Å². The first-order valence-electron chi connectivity index (χ1n) is 10.6. The van der Waals surface area contributed by atoms with Gasteiger partial charge in [-0.3, -0.25) is 4.79 Å². The largest absolute Gasteiger partial charge is 0.416 e. The minimum atomic E-state index is -4.44. The molecule has 0 aromatic heterocycles. The molecular formula is C24H30F3N3O. The third-order valence-electron chi connectivity index (χ3n) is 5.70. The summed E-state index contributed by atoms with van der Waals surface area (Å²) in [6, 6.07) is 11.7. The van der Waals surface area contributed by atoms with E-state index in [0.717, 1.165) is 31.1 Å². The van der Waals surface area contributed by atoms with Crippen LogP contribution in [0.5, 0.6) is 0 Å². The van der Waals surface area contributed by atoms with Gasteiger partial charge >= 0.3 is 6.18 Å². The minimum Gasteiger partial charge on any atom is -0.337 e. The first-order valence-corrected chi connectivity index (χ1v) is 10.6. The van der Waals surface area contributed by atoms with Crippen LogP contribution in [-0.4, -0.2) is 49.4 Å². The van der Waals surface area contributed by atoms with Crippen LogP contribution in [0, 0.1) is 0 Å². The van der Waals surface area contributed by atoms with E-state index in [9.17, 15) is 18.0 Å². The summed E-state index contributed by atoms with van der Waals surface area (Å²) in [5, 5.41) is 3.35. The van der Waals surface area contributed by atoms with Gasteiger partial charge in [0.15, 0.2) is 0 Å². The molecule has 4 nitrogen and oxygen atoms in total. The van der Waals surface area contributed by atoms with Crippen LogP contribution in [0.25, 0.3) is 0 Å². The van der Waals surface area contributed by atoms with Gasteiger partial charge in [0.1, 0.15) is 0 Å². The Hall–Kier alpha value is -2.38. The quantitative estimate of drug-likeness (QED) is 0.687. The molecule has 0 spiro atoms. The maximum atomic E-state index is 13.4. The highest BCUT2D eigenvalue weighted by molar-refractivity contribution is 5.76. The van der Waals surface area contributed by atoms with Gasteiger partial charge in [0, 0.05) is 32.6 Å². The molecule has 2 aromatic carbocycles. The molecule has 1 heterocycles. The SMILES string of the molecule is CN(C)CCN(Cc1ccccc1C(F)(F)F)C(=O)CCc1cccc2c1CCNC2. The summed E-state index contributed by atoms with van der Waals surface area (Å²) < 4.78 is 40.3. The van der Waals surface area contributed by atoms with Crippen LogP contribution in [0.3, 0.4) is 0 Å². The van der Waals surface area contributed by atoms with Gasteiger partial charge in [-0.1, -0.05) is 36.4 Å². The van der Waals surface area contributed by atoms with E-state index in [1.807, 2.05) is 25.1 Å². The molecule has 0 atom stereocenters. The Bertz CT molecular complexity index is 896. The van der Waals surface area contributed by atoms with Crippen LogP contribution in [0.1, 0.15) is 34.2 Å². The second kappa shape index (κ2) is 10.3. The number of nitrogens with zero attached hydrogens (tertiary/aromatic N) is 2. The molecule has 0 fully saturated rings. The van der Waals surface area contributed by atoms with Crippen molar-refractivity contribution in [1.29, 1.82) is 0 Å². The number of carbonyl (C=O) groups excluding carboxylic acids is 1. The van der Waals surface area contributed by atoms with Crippen LogP contribution >= 0.6 is 0 Å². The summed E-state index contributed by atoms with van der Waals surface area (Å²) in [4.78, 5) is 16.6. The molecule has 1 N–H and O–H groups in total. The maximum absolute atomic E-state index is 13.4. The van der Waals surface area contributed by atoms with Crippen LogP contribution in [-0.2, 0) is 36.9 Å². The highest BCUT2D eigenvalue weighted by Gasteiger charge is 2.33. The summed E-state index contributed by atoms with van der Waals surface area (Å²) in [6.45, 7) is 2.68. The summed E-state index contributed by atoms with van der Waals surface area (Å²) in [7, 11) is 3.77. The highest BCUT2D eigenvalue weighted by atomic mass is 19.4. The Morgan fingerprint density at radius 2 is 1.77 bits per heavy atom. The molecule has 31 heavy (non-hydrogen) atoms. The molecular weight excluding hydrogens is 403 g/mol. The van der Waals surface area contributed by atoms with Gasteiger partial charge in [-0.25, -0.2) is 0 Å². The maximum Gasteiger partial charge on any atom is 0.416 e. The molecule has 168 valence electrons. The molecule has 0 saturated carbocycles. The van der Waals surface area contributed by atoms with Crippen molar-refractivity contribution in [1.82, 2.24) is 15.1 Å². The fourth-order valence-electron chi connectivity index (χ4n) is 4.00. The van der Waals surface area contributed by atoms with Gasteiger partial charge in [0.25, 0.3) is 0 Å². The number of benzene rings is 2. The van der Waals surface area contributed by atoms with Crippen LogP contribution in [0.4, 0.5) is 13.2 Å². The van der Waals surface area contributed by atoms with Gasteiger partial charge in [0.05, 0.1) is 5.56 Å². The molecule has 1 amide bonds. The number of rotatable bonds is 8. The Morgan fingerprint density at radius 1 is 1.03 bits per heavy atom. The first kappa shape index (κ1) is 23.3. The Labute approximate surface area is 182 Å². The zero-order valence-corrected chi connectivity index (χ0v) is 18.1. The molecule has 2 aromatic rings. The van der Waals surface area contributed by atoms with Crippen molar-refractivity contribution in [3.05, 3.63) is 70.3 Å². The third kappa shape index (κ3) is 6.31. The number of fused-ring (bicyclic) bond motifs is 1. The Balaban J connectivity index is 1.74. The summed E-state index contributed by atoms with van der Waals surface area (Å²) in [5.41, 5.74) is 3.18. The van der Waals surface area contributed by atoms with E-state index in [4.69, 9.17) is 0 Å². The number of nitrogens with one attached hydrogen (secondary N) is 1. The number of likely N-dealkylation sites (N-methyl/N-ethyl adjacent to an activating group) is 1. The lowest BCUT2D eigenvalue weighted by Crippen LogP contribution is -2.37. The number of carbonyl (C=O) groups is 1. The van der Waals surface area contributed by atoms with Gasteiger partial charge in [-0.15, -0.1) is 0 Å². The van der Waals surface area contributed by atoms with E-state index in [1.165, 1.54) is 23.3 Å². The number of hydrogen-bond acceptors (Lipinski definition) is 3. The molecule has 7 heteroatoms. The van der Waals surface area contributed by atoms with E-state index in [-0.39, 0.29) is 24.4 Å². The predicted octanol–water partition coefficient (Wildman–Crippen LogP) is 3.87. The number of amides is 1. The molecule has 0 saturated heterocycles. The average molecular weight is 434 g/mol. The third-order valence-corrected chi connectivity index (χ3v) is 5.70. The lowest BCUT2D eigenvalue weighted by molar-refractivity contribution is -0.140. The molecule has 0 radical (unpaired) electrons. The second-order valence-corrected chi connectivity index (χ2v) is 8.26. The van der Waals surface area contributed by atoms with Crippen molar-refractivity contribution in [3.8, 4) is 0 Å². The Morgan fingerprint density at radius 3 is 2.52 bits per heavy atom. The van der Waals surface area contributed by atoms with Gasteiger partial charge in [0.2, 0.25) is 5.91 Å². The average Bonchev–Trinajstić information content (AvgIpc) is 2.74. The zero-order valence-electron chi connectivity index (χ0n) is 18.1. The lowest BCUT2D eigenvalue weighted by atomic mass is 9.93. The fourth-order valence-corrected chi connectivity index (χ4v) is 4.00. The first-order chi connectivity index (χ1) is 14.8.